The molecular formula is C14H20BrNO. The first-order valence-corrected chi connectivity index (χ1v) is 7.05. The monoisotopic (exact) mass is 297 g/mol. The Kier molecular flexibility index (Phi) is 4.10. The Morgan fingerprint density at radius 3 is 3.00 bits per heavy atom. The molecule has 94 valence electrons. The zero-order valence-corrected chi connectivity index (χ0v) is 12.1. The van der Waals surface area contributed by atoms with E-state index in [2.05, 4.69) is 41.9 Å². The van der Waals surface area contributed by atoms with Crippen LogP contribution >= 0.6 is 15.9 Å². The summed E-state index contributed by atoms with van der Waals surface area (Å²) in [5, 5.41) is 0. The standard InChI is InChI=1S/C14H20BrNO/c1-9-6-11(15)7-13-12(10(2)8-16)4-3-5-17-14(9)13/h6-7,10,12H,3-5,8,16H2,1-2H3. The molecule has 2 nitrogen and oxygen atoms in total. The van der Waals surface area contributed by atoms with Crippen molar-refractivity contribution in [2.45, 2.75) is 32.6 Å². The third kappa shape index (κ3) is 2.66. The van der Waals surface area contributed by atoms with Gasteiger partial charge in [-0.2, -0.15) is 0 Å². The maximum absolute atomic E-state index is 5.90. The Morgan fingerprint density at radius 1 is 1.53 bits per heavy atom. The van der Waals surface area contributed by atoms with Gasteiger partial charge in [0.2, 0.25) is 0 Å². The Bertz CT molecular complexity index is 405. The summed E-state index contributed by atoms with van der Waals surface area (Å²) in [6.07, 6.45) is 2.28. The molecule has 1 aliphatic heterocycles. The second-order valence-electron chi connectivity index (χ2n) is 4.95. The predicted molar refractivity (Wildman–Crippen MR) is 74.6 cm³/mol. The molecular weight excluding hydrogens is 278 g/mol. The molecule has 2 rings (SSSR count). The molecule has 0 spiro atoms. The molecule has 2 N–H and O–H groups in total. The predicted octanol–water partition coefficient (Wildman–Crippen LogP) is 3.61. The molecule has 0 saturated carbocycles. The second-order valence-corrected chi connectivity index (χ2v) is 5.87. The highest BCUT2D eigenvalue weighted by Gasteiger charge is 2.25. The van der Waals surface area contributed by atoms with Crippen molar-refractivity contribution in [3.8, 4) is 5.75 Å². The lowest BCUT2D eigenvalue weighted by Crippen LogP contribution is -2.19. The molecule has 2 atom stereocenters. The molecule has 3 heteroatoms. The van der Waals surface area contributed by atoms with Crippen molar-refractivity contribution in [2.75, 3.05) is 13.2 Å². The molecule has 1 aromatic rings. The van der Waals surface area contributed by atoms with Gasteiger partial charge in [0, 0.05) is 4.47 Å². The summed E-state index contributed by atoms with van der Waals surface area (Å²) in [6, 6.07) is 4.32. The lowest BCUT2D eigenvalue weighted by Gasteiger charge is -2.23. The highest BCUT2D eigenvalue weighted by molar-refractivity contribution is 9.10. The summed E-state index contributed by atoms with van der Waals surface area (Å²) < 4.78 is 7.03. The number of hydrogen-bond donors (Lipinski definition) is 1. The first-order valence-electron chi connectivity index (χ1n) is 6.26. The van der Waals surface area contributed by atoms with Crippen LogP contribution in [0.25, 0.3) is 0 Å². The first-order chi connectivity index (χ1) is 8.13. The van der Waals surface area contributed by atoms with Crippen molar-refractivity contribution in [3.63, 3.8) is 0 Å². The largest absolute Gasteiger partial charge is 0.493 e. The first kappa shape index (κ1) is 12.9. The minimum absolute atomic E-state index is 0.504. The van der Waals surface area contributed by atoms with Gasteiger partial charge in [-0.05, 0) is 61.4 Å². The fourth-order valence-electron chi connectivity index (χ4n) is 2.62. The third-order valence-corrected chi connectivity index (χ3v) is 4.09. The van der Waals surface area contributed by atoms with Crippen LogP contribution in [0.1, 0.15) is 36.8 Å². The van der Waals surface area contributed by atoms with Gasteiger partial charge in [0.15, 0.2) is 0 Å². The van der Waals surface area contributed by atoms with E-state index in [1.807, 2.05) is 0 Å². The van der Waals surface area contributed by atoms with E-state index in [0.29, 0.717) is 11.8 Å². The van der Waals surface area contributed by atoms with Gasteiger partial charge < -0.3 is 10.5 Å². The average molecular weight is 298 g/mol. The molecule has 0 bridgehead atoms. The summed E-state index contributed by atoms with van der Waals surface area (Å²) >= 11 is 3.58. The van der Waals surface area contributed by atoms with Gasteiger partial charge in [0.1, 0.15) is 5.75 Å². The molecule has 0 aromatic heterocycles. The van der Waals surface area contributed by atoms with Crippen LogP contribution in [0.3, 0.4) is 0 Å². The molecule has 0 radical (unpaired) electrons. The Labute approximate surface area is 112 Å². The third-order valence-electron chi connectivity index (χ3n) is 3.63. The van der Waals surface area contributed by atoms with Crippen molar-refractivity contribution in [1.29, 1.82) is 0 Å². The van der Waals surface area contributed by atoms with Crippen LogP contribution in [0.5, 0.6) is 5.75 Å². The molecule has 0 saturated heterocycles. The van der Waals surface area contributed by atoms with Gasteiger partial charge in [0.25, 0.3) is 0 Å². The highest BCUT2D eigenvalue weighted by Crippen LogP contribution is 2.40. The van der Waals surface area contributed by atoms with Gasteiger partial charge in [-0.15, -0.1) is 0 Å². The smallest absolute Gasteiger partial charge is 0.125 e. The Hall–Kier alpha value is -0.540. The van der Waals surface area contributed by atoms with Crippen LogP contribution in [0, 0.1) is 12.8 Å². The van der Waals surface area contributed by atoms with Crippen LogP contribution in [0.4, 0.5) is 0 Å². The average Bonchev–Trinajstić information content (AvgIpc) is 2.50. The minimum Gasteiger partial charge on any atom is -0.493 e. The van der Waals surface area contributed by atoms with Crippen molar-refractivity contribution in [2.24, 2.45) is 11.7 Å². The van der Waals surface area contributed by atoms with Gasteiger partial charge in [-0.25, -0.2) is 0 Å². The number of hydrogen-bond acceptors (Lipinski definition) is 2. The van der Waals surface area contributed by atoms with Crippen LogP contribution in [-0.2, 0) is 0 Å². The number of benzene rings is 1. The highest BCUT2D eigenvalue weighted by atomic mass is 79.9. The van der Waals surface area contributed by atoms with Gasteiger partial charge >= 0.3 is 0 Å². The van der Waals surface area contributed by atoms with E-state index in [-0.39, 0.29) is 0 Å². The maximum atomic E-state index is 5.90. The summed E-state index contributed by atoms with van der Waals surface area (Å²) in [4.78, 5) is 0. The lowest BCUT2D eigenvalue weighted by molar-refractivity contribution is 0.312. The summed E-state index contributed by atoms with van der Waals surface area (Å²) in [5.41, 5.74) is 8.37. The Balaban J connectivity index is 2.47. The van der Waals surface area contributed by atoms with Crippen LogP contribution < -0.4 is 10.5 Å². The van der Waals surface area contributed by atoms with E-state index in [1.165, 1.54) is 17.5 Å². The molecule has 2 unspecified atom stereocenters. The number of rotatable bonds is 2. The second kappa shape index (κ2) is 5.40. The molecule has 17 heavy (non-hydrogen) atoms. The fourth-order valence-corrected chi connectivity index (χ4v) is 3.21. The fraction of sp³-hybridized carbons (Fsp3) is 0.571. The normalized spacial score (nSPS) is 21.3. The van der Waals surface area contributed by atoms with Gasteiger partial charge in [0.05, 0.1) is 6.61 Å². The number of nitrogens with two attached hydrogens (primary N) is 1. The molecule has 0 aliphatic carbocycles. The quantitative estimate of drug-likeness (QED) is 0.905. The number of halogens is 1. The molecule has 1 heterocycles. The molecule has 0 fully saturated rings. The SMILES string of the molecule is Cc1cc(Br)cc2c1OCCCC2C(C)CN. The number of ether oxygens (including phenoxy) is 1. The number of fused-ring (bicyclic) bond motifs is 1. The molecule has 0 amide bonds. The van der Waals surface area contributed by atoms with Gasteiger partial charge in [-0.3, -0.25) is 0 Å². The summed E-state index contributed by atoms with van der Waals surface area (Å²) in [5.74, 6) is 2.11. The zero-order valence-electron chi connectivity index (χ0n) is 10.5. The molecule has 1 aliphatic rings. The van der Waals surface area contributed by atoms with Gasteiger partial charge in [-0.1, -0.05) is 22.9 Å². The maximum Gasteiger partial charge on any atom is 0.125 e. The van der Waals surface area contributed by atoms with Crippen molar-refractivity contribution in [1.82, 2.24) is 0 Å². The van der Waals surface area contributed by atoms with Crippen LogP contribution in [-0.4, -0.2) is 13.2 Å². The van der Waals surface area contributed by atoms with E-state index < -0.39 is 0 Å². The van der Waals surface area contributed by atoms with E-state index in [0.717, 1.165) is 29.8 Å². The minimum atomic E-state index is 0.504. The zero-order chi connectivity index (χ0) is 12.4. The van der Waals surface area contributed by atoms with E-state index in [4.69, 9.17) is 10.5 Å². The van der Waals surface area contributed by atoms with E-state index >= 15 is 0 Å². The van der Waals surface area contributed by atoms with Crippen molar-refractivity contribution >= 4 is 15.9 Å². The summed E-state index contributed by atoms with van der Waals surface area (Å²) in [6.45, 7) is 5.90. The van der Waals surface area contributed by atoms with E-state index in [1.54, 1.807) is 0 Å². The topological polar surface area (TPSA) is 35.2 Å². The lowest BCUT2D eigenvalue weighted by atomic mass is 9.83. The number of aryl methyl sites for hydroxylation is 1. The Morgan fingerprint density at radius 2 is 2.29 bits per heavy atom. The van der Waals surface area contributed by atoms with E-state index in [9.17, 15) is 0 Å². The van der Waals surface area contributed by atoms with Crippen molar-refractivity contribution < 1.29 is 4.74 Å². The van der Waals surface area contributed by atoms with Crippen molar-refractivity contribution in [3.05, 3.63) is 27.7 Å². The van der Waals surface area contributed by atoms with Crippen LogP contribution in [0.15, 0.2) is 16.6 Å². The van der Waals surface area contributed by atoms with Crippen LogP contribution in [0.2, 0.25) is 0 Å². The summed E-state index contributed by atoms with van der Waals surface area (Å²) in [7, 11) is 0. The molecule has 1 aromatic carbocycles.